The van der Waals surface area contributed by atoms with Crippen molar-refractivity contribution in [3.63, 3.8) is 0 Å². The smallest absolute Gasteiger partial charge is 0.281 e. The molecule has 0 spiro atoms. The van der Waals surface area contributed by atoms with E-state index >= 15 is 0 Å². The maximum Gasteiger partial charge on any atom is 0.281 e. The number of carbonyl (C=O) groups is 2. The molecule has 0 bridgehead atoms. The first-order chi connectivity index (χ1) is 12.1. The Labute approximate surface area is 142 Å². The third-order valence-electron chi connectivity index (χ3n) is 4.39. The lowest BCUT2D eigenvalue weighted by Crippen LogP contribution is -2.42. The molecule has 3 heterocycles. The van der Waals surface area contributed by atoms with Gasteiger partial charge in [0.2, 0.25) is 5.91 Å². The minimum Gasteiger partial charge on any atom is -0.381 e. The summed E-state index contributed by atoms with van der Waals surface area (Å²) in [6.45, 7) is 1.10. The van der Waals surface area contributed by atoms with Gasteiger partial charge >= 0.3 is 0 Å². The van der Waals surface area contributed by atoms with Crippen LogP contribution in [0.15, 0.2) is 24.4 Å². The van der Waals surface area contributed by atoms with Crippen LogP contribution in [0.4, 0.5) is 15.8 Å². The summed E-state index contributed by atoms with van der Waals surface area (Å²) in [4.78, 5) is 25.9. The highest BCUT2D eigenvalue weighted by Gasteiger charge is 2.31. The van der Waals surface area contributed by atoms with E-state index in [1.807, 2.05) is 0 Å². The fourth-order valence-electron chi connectivity index (χ4n) is 3.09. The Bertz CT molecular complexity index is 831. The third-order valence-corrected chi connectivity index (χ3v) is 4.39. The minimum absolute atomic E-state index is 0.00363. The van der Waals surface area contributed by atoms with Crippen molar-refractivity contribution in [3.05, 3.63) is 35.9 Å². The van der Waals surface area contributed by atoms with Gasteiger partial charge in [-0.15, -0.1) is 5.10 Å². The predicted molar refractivity (Wildman–Crippen MR) is 85.8 cm³/mol. The fourth-order valence-corrected chi connectivity index (χ4v) is 3.09. The highest BCUT2D eigenvalue weighted by molar-refractivity contribution is 6.14. The van der Waals surface area contributed by atoms with Crippen molar-refractivity contribution in [2.75, 3.05) is 30.0 Å². The summed E-state index contributed by atoms with van der Waals surface area (Å²) in [5.41, 5.74) is 0.436. The Kier molecular flexibility index (Phi) is 3.92. The molecule has 25 heavy (non-hydrogen) atoms. The fraction of sp³-hybridized carbons (Fsp3) is 0.375. The molecule has 0 radical (unpaired) electrons. The van der Waals surface area contributed by atoms with Crippen LogP contribution in [0, 0.1) is 5.82 Å². The number of nitrogens with zero attached hydrogens (tertiary/aromatic N) is 4. The van der Waals surface area contributed by atoms with Crippen LogP contribution in [0.3, 0.4) is 0 Å². The summed E-state index contributed by atoms with van der Waals surface area (Å²) in [6.07, 6.45) is 3.18. The number of halogens is 1. The van der Waals surface area contributed by atoms with Crippen molar-refractivity contribution in [3.8, 4) is 0 Å². The normalized spacial score (nSPS) is 18.0. The molecule has 1 aromatic heterocycles. The number of carbonyl (C=O) groups excluding carboxylic acids is 2. The van der Waals surface area contributed by atoms with Crippen molar-refractivity contribution in [2.45, 2.75) is 18.9 Å². The molecular weight excluding hydrogens is 329 g/mol. The van der Waals surface area contributed by atoms with Crippen LogP contribution in [0.25, 0.3) is 0 Å². The molecule has 4 rings (SSSR count). The zero-order valence-electron chi connectivity index (χ0n) is 13.3. The molecule has 1 N–H and O–H groups in total. The van der Waals surface area contributed by atoms with E-state index in [1.165, 1.54) is 17.0 Å². The molecule has 9 heteroatoms. The number of benzene rings is 1. The van der Waals surface area contributed by atoms with Crippen molar-refractivity contribution in [1.82, 2.24) is 15.0 Å². The molecule has 0 saturated carbocycles. The highest BCUT2D eigenvalue weighted by Crippen LogP contribution is 2.32. The lowest BCUT2D eigenvalue weighted by molar-refractivity contribution is -0.115. The van der Waals surface area contributed by atoms with Gasteiger partial charge in [0.15, 0.2) is 5.69 Å². The number of hydrogen-bond acceptors (Lipinski definition) is 5. The zero-order valence-corrected chi connectivity index (χ0v) is 13.3. The number of anilines is 2. The SMILES string of the molecule is O=C1CN(C(=O)c2cn(C3CCOCC3)nn2)c2cccc(F)c2N1. The van der Waals surface area contributed by atoms with Crippen LogP contribution in [0.5, 0.6) is 0 Å². The van der Waals surface area contributed by atoms with E-state index in [1.54, 1.807) is 16.9 Å². The summed E-state index contributed by atoms with van der Waals surface area (Å²) in [5.74, 6) is -1.53. The van der Waals surface area contributed by atoms with E-state index in [0.717, 1.165) is 12.8 Å². The van der Waals surface area contributed by atoms with Gasteiger partial charge in [-0.25, -0.2) is 9.07 Å². The van der Waals surface area contributed by atoms with Gasteiger partial charge in [0.1, 0.15) is 18.0 Å². The number of aromatic nitrogens is 3. The largest absolute Gasteiger partial charge is 0.381 e. The van der Waals surface area contributed by atoms with E-state index in [4.69, 9.17) is 4.74 Å². The second kappa shape index (κ2) is 6.25. The lowest BCUT2D eigenvalue weighted by atomic mass is 10.1. The van der Waals surface area contributed by atoms with Crippen LogP contribution < -0.4 is 10.2 Å². The molecule has 2 aliphatic heterocycles. The van der Waals surface area contributed by atoms with Gasteiger partial charge in [0, 0.05) is 13.2 Å². The Morgan fingerprint density at radius 1 is 1.32 bits per heavy atom. The molecule has 0 aliphatic carbocycles. The predicted octanol–water partition coefficient (Wildman–Crippen LogP) is 1.37. The molecule has 0 unspecified atom stereocenters. The lowest BCUT2D eigenvalue weighted by Gasteiger charge is -2.28. The van der Waals surface area contributed by atoms with Crippen LogP contribution >= 0.6 is 0 Å². The number of ether oxygens (including phenoxy) is 1. The molecular formula is C16H16FN5O3. The Hall–Kier alpha value is -2.81. The van der Waals surface area contributed by atoms with E-state index in [2.05, 4.69) is 15.6 Å². The monoisotopic (exact) mass is 345 g/mol. The van der Waals surface area contributed by atoms with Crippen molar-refractivity contribution in [1.29, 1.82) is 0 Å². The van der Waals surface area contributed by atoms with Crippen LogP contribution in [-0.2, 0) is 9.53 Å². The standard InChI is InChI=1S/C16H16FN5O3/c17-11-2-1-3-13-15(11)18-14(23)9-21(13)16(24)12-8-22(20-19-12)10-4-6-25-7-5-10/h1-3,8,10H,4-7,9H2,(H,18,23). The first-order valence-electron chi connectivity index (χ1n) is 8.03. The molecule has 1 aromatic carbocycles. The maximum absolute atomic E-state index is 13.9. The van der Waals surface area contributed by atoms with Gasteiger partial charge in [-0.05, 0) is 25.0 Å². The number of amides is 2. The van der Waals surface area contributed by atoms with Crippen LogP contribution in [-0.4, -0.2) is 46.6 Å². The van der Waals surface area contributed by atoms with Crippen LogP contribution in [0.2, 0.25) is 0 Å². The van der Waals surface area contributed by atoms with E-state index in [0.29, 0.717) is 18.9 Å². The van der Waals surface area contributed by atoms with Crippen LogP contribution in [0.1, 0.15) is 29.4 Å². The second-order valence-electron chi connectivity index (χ2n) is 6.00. The van der Waals surface area contributed by atoms with Crippen molar-refractivity contribution in [2.24, 2.45) is 0 Å². The average Bonchev–Trinajstić information content (AvgIpc) is 3.12. The Morgan fingerprint density at radius 2 is 2.12 bits per heavy atom. The van der Waals surface area contributed by atoms with E-state index < -0.39 is 17.6 Å². The Balaban J connectivity index is 1.62. The van der Waals surface area contributed by atoms with Gasteiger partial charge in [-0.2, -0.15) is 0 Å². The third kappa shape index (κ3) is 2.86. The number of hydrogen-bond donors (Lipinski definition) is 1. The number of para-hydroxylation sites is 1. The number of nitrogens with one attached hydrogen (secondary N) is 1. The molecule has 130 valence electrons. The molecule has 1 saturated heterocycles. The zero-order chi connectivity index (χ0) is 17.4. The van der Waals surface area contributed by atoms with Crippen molar-refractivity contribution >= 4 is 23.2 Å². The van der Waals surface area contributed by atoms with E-state index in [9.17, 15) is 14.0 Å². The molecule has 1 fully saturated rings. The quantitative estimate of drug-likeness (QED) is 0.888. The maximum atomic E-state index is 13.9. The summed E-state index contributed by atoms with van der Waals surface area (Å²) in [5, 5.41) is 10.4. The first kappa shape index (κ1) is 15.7. The van der Waals surface area contributed by atoms with Gasteiger partial charge in [0.05, 0.1) is 17.9 Å². The topological polar surface area (TPSA) is 89.4 Å². The summed E-state index contributed by atoms with van der Waals surface area (Å²) in [6, 6.07) is 4.44. The average molecular weight is 345 g/mol. The van der Waals surface area contributed by atoms with Gasteiger partial charge < -0.3 is 10.1 Å². The summed E-state index contributed by atoms with van der Waals surface area (Å²) in [7, 11) is 0. The van der Waals surface area contributed by atoms with Crippen molar-refractivity contribution < 1.29 is 18.7 Å². The first-order valence-corrected chi connectivity index (χ1v) is 8.03. The summed E-state index contributed by atoms with van der Waals surface area (Å²) < 4.78 is 20.9. The Morgan fingerprint density at radius 3 is 2.92 bits per heavy atom. The highest BCUT2D eigenvalue weighted by atomic mass is 19.1. The summed E-state index contributed by atoms with van der Waals surface area (Å²) >= 11 is 0. The number of rotatable bonds is 2. The molecule has 0 atom stereocenters. The second-order valence-corrected chi connectivity index (χ2v) is 6.00. The minimum atomic E-state index is -0.589. The van der Waals surface area contributed by atoms with Gasteiger partial charge in [-0.3, -0.25) is 14.5 Å². The van der Waals surface area contributed by atoms with Gasteiger partial charge in [-0.1, -0.05) is 11.3 Å². The molecule has 2 aromatic rings. The molecule has 8 nitrogen and oxygen atoms in total. The van der Waals surface area contributed by atoms with Gasteiger partial charge in [0.25, 0.3) is 5.91 Å². The van der Waals surface area contributed by atoms with E-state index in [-0.39, 0.29) is 24.0 Å². The molecule has 2 aliphatic rings. The number of fused-ring (bicyclic) bond motifs is 1. The molecule has 2 amide bonds.